The summed E-state index contributed by atoms with van der Waals surface area (Å²) in [6.45, 7) is 10.1. The molecule has 1 aromatic carbocycles. The molecule has 0 aliphatic heterocycles. The van der Waals surface area contributed by atoms with Crippen LogP contribution in [0.25, 0.3) is 16.7 Å². The molecule has 0 aliphatic rings. The van der Waals surface area contributed by atoms with Gasteiger partial charge in [0.15, 0.2) is 23.1 Å². The van der Waals surface area contributed by atoms with E-state index in [9.17, 15) is 10.1 Å². The Labute approximate surface area is 251 Å². The topological polar surface area (TPSA) is 159 Å². The number of pyridine rings is 1. The summed E-state index contributed by atoms with van der Waals surface area (Å²) in [5, 5.41) is 31.3. The number of nitrogens with one attached hydrogen (secondary N) is 2. The Bertz CT molecular complexity index is 1620. The molecule has 1 unspecified atom stereocenters. The number of carbonyl (C=O) groups excluding carboxylic acids is 1. The molecule has 4 rings (SSSR count). The molecule has 3 aromatic heterocycles. The minimum atomic E-state index is -0.110. The van der Waals surface area contributed by atoms with Gasteiger partial charge in [-0.2, -0.15) is 15.2 Å². The van der Waals surface area contributed by atoms with Crippen molar-refractivity contribution in [1.82, 2.24) is 24.7 Å². The van der Waals surface area contributed by atoms with Crippen LogP contribution >= 0.6 is 0 Å². The second-order valence-electron chi connectivity index (χ2n) is 9.71. The van der Waals surface area contributed by atoms with Crippen LogP contribution in [-0.2, 0) is 16.0 Å². The SMILES string of the molecule is CCc1c(C#N)c(N=Nc2c(NCCC=O)nc(N(CC)CC)nc2NC(C)COC)nn1-c1ccc2ccccc2n1. The Hall–Kier alpha value is -4.96. The summed E-state index contributed by atoms with van der Waals surface area (Å²) in [6, 6.07) is 13.8. The quantitative estimate of drug-likeness (QED) is 0.106. The van der Waals surface area contributed by atoms with Gasteiger partial charge in [0.25, 0.3) is 0 Å². The molecule has 13 heteroatoms. The highest BCUT2D eigenvalue weighted by atomic mass is 16.5. The van der Waals surface area contributed by atoms with E-state index in [0.717, 1.165) is 17.2 Å². The minimum Gasteiger partial charge on any atom is -0.383 e. The first kappa shape index (κ1) is 31.0. The van der Waals surface area contributed by atoms with Crippen LogP contribution in [0.3, 0.4) is 0 Å². The Morgan fingerprint density at radius 3 is 2.56 bits per heavy atom. The lowest BCUT2D eigenvalue weighted by Gasteiger charge is -2.23. The zero-order valence-electron chi connectivity index (χ0n) is 25.2. The molecule has 0 saturated carbocycles. The van der Waals surface area contributed by atoms with E-state index >= 15 is 0 Å². The number of para-hydroxylation sites is 1. The summed E-state index contributed by atoms with van der Waals surface area (Å²) >= 11 is 0. The number of aldehydes is 1. The lowest BCUT2D eigenvalue weighted by molar-refractivity contribution is -0.107. The van der Waals surface area contributed by atoms with Crippen molar-refractivity contribution in [3.05, 3.63) is 47.7 Å². The molecule has 13 nitrogen and oxygen atoms in total. The molecule has 0 fully saturated rings. The van der Waals surface area contributed by atoms with Crippen molar-refractivity contribution in [2.75, 3.05) is 48.9 Å². The minimum absolute atomic E-state index is 0.110. The highest BCUT2D eigenvalue weighted by Gasteiger charge is 2.22. The molecule has 4 aromatic rings. The zero-order valence-corrected chi connectivity index (χ0v) is 25.2. The smallest absolute Gasteiger partial charge is 0.229 e. The van der Waals surface area contributed by atoms with E-state index in [-0.39, 0.29) is 18.3 Å². The number of benzene rings is 1. The van der Waals surface area contributed by atoms with E-state index in [2.05, 4.69) is 32.0 Å². The number of aromatic nitrogens is 5. The van der Waals surface area contributed by atoms with Gasteiger partial charge in [-0.3, -0.25) is 0 Å². The number of fused-ring (bicyclic) bond motifs is 1. The van der Waals surface area contributed by atoms with Crippen LogP contribution in [0.15, 0.2) is 46.6 Å². The number of rotatable bonds is 15. The lowest BCUT2D eigenvalue weighted by Crippen LogP contribution is -2.27. The van der Waals surface area contributed by atoms with Gasteiger partial charge in [0.05, 0.1) is 17.8 Å². The molecule has 43 heavy (non-hydrogen) atoms. The molecule has 0 bridgehead atoms. The second-order valence-corrected chi connectivity index (χ2v) is 9.71. The van der Waals surface area contributed by atoms with E-state index in [1.807, 2.05) is 69.0 Å². The number of methoxy groups -OCH3 is 1. The van der Waals surface area contributed by atoms with Gasteiger partial charge in [0.1, 0.15) is 17.9 Å². The van der Waals surface area contributed by atoms with E-state index < -0.39 is 0 Å². The van der Waals surface area contributed by atoms with Crippen molar-refractivity contribution < 1.29 is 9.53 Å². The summed E-state index contributed by atoms with van der Waals surface area (Å²) in [5.74, 6) is 2.06. The van der Waals surface area contributed by atoms with Crippen LogP contribution in [0, 0.1) is 11.3 Å². The Balaban J connectivity index is 1.84. The molecule has 0 radical (unpaired) electrons. The summed E-state index contributed by atoms with van der Waals surface area (Å²) in [6.07, 6.45) is 1.65. The van der Waals surface area contributed by atoms with E-state index in [1.165, 1.54) is 0 Å². The second kappa shape index (κ2) is 14.8. The van der Waals surface area contributed by atoms with Crippen molar-refractivity contribution in [3.8, 4) is 11.9 Å². The normalized spacial score (nSPS) is 11.9. The largest absolute Gasteiger partial charge is 0.383 e. The molecule has 0 aliphatic carbocycles. The van der Waals surface area contributed by atoms with Crippen molar-refractivity contribution in [2.45, 2.75) is 46.6 Å². The number of ether oxygens (including phenoxy) is 1. The number of azo groups is 1. The van der Waals surface area contributed by atoms with Gasteiger partial charge >= 0.3 is 0 Å². The lowest BCUT2D eigenvalue weighted by atomic mass is 10.2. The van der Waals surface area contributed by atoms with Crippen LogP contribution in [0.4, 0.5) is 29.1 Å². The highest BCUT2D eigenvalue weighted by molar-refractivity contribution is 5.79. The van der Waals surface area contributed by atoms with Crippen molar-refractivity contribution in [1.29, 1.82) is 5.26 Å². The molecular formula is C30H37N11O2. The summed E-state index contributed by atoms with van der Waals surface area (Å²) in [7, 11) is 1.63. The Morgan fingerprint density at radius 2 is 1.86 bits per heavy atom. The fraction of sp³-hybridized carbons (Fsp3) is 0.400. The average Bonchev–Trinajstić information content (AvgIpc) is 3.38. The standard InChI is InChI=1S/C30H37N11O2/c1-6-24-22(18-31)27(39-41(24)25-15-14-21-12-9-10-13-23(21)34-25)38-37-26-28(32-16-11-17-42)35-30(40(7-2)8-3)36-29(26)33-20(4)19-43-5/h9-10,12-15,17,20H,6-8,11,16,19H2,1-5H3,(H2,32,33,35,36). The zero-order chi connectivity index (χ0) is 30.8. The van der Waals surface area contributed by atoms with Gasteiger partial charge in [-0.1, -0.05) is 25.1 Å². The molecule has 3 heterocycles. The van der Waals surface area contributed by atoms with Crippen LogP contribution in [0.1, 0.15) is 45.4 Å². The van der Waals surface area contributed by atoms with Crippen LogP contribution in [-0.4, -0.2) is 70.4 Å². The molecule has 0 amide bonds. The third-order valence-corrected chi connectivity index (χ3v) is 6.73. The fourth-order valence-electron chi connectivity index (χ4n) is 4.60. The Kier molecular flexibility index (Phi) is 10.7. The van der Waals surface area contributed by atoms with Gasteiger partial charge < -0.3 is 25.1 Å². The summed E-state index contributed by atoms with van der Waals surface area (Å²) in [5.41, 5.74) is 2.12. The van der Waals surface area contributed by atoms with Gasteiger partial charge in [-0.05, 0) is 45.4 Å². The van der Waals surface area contributed by atoms with E-state index in [4.69, 9.17) is 19.7 Å². The van der Waals surface area contributed by atoms with Crippen LogP contribution in [0.5, 0.6) is 0 Å². The fourth-order valence-corrected chi connectivity index (χ4v) is 4.60. The van der Waals surface area contributed by atoms with Gasteiger partial charge in [0, 0.05) is 44.6 Å². The van der Waals surface area contributed by atoms with E-state index in [1.54, 1.807) is 11.8 Å². The highest BCUT2D eigenvalue weighted by Crippen LogP contribution is 2.36. The molecular weight excluding hydrogens is 546 g/mol. The molecule has 1 atom stereocenters. The molecule has 2 N–H and O–H groups in total. The average molecular weight is 584 g/mol. The monoisotopic (exact) mass is 583 g/mol. The predicted octanol–water partition coefficient (Wildman–Crippen LogP) is 5.35. The van der Waals surface area contributed by atoms with Crippen molar-refractivity contribution >= 4 is 46.3 Å². The van der Waals surface area contributed by atoms with Crippen LogP contribution in [0.2, 0.25) is 0 Å². The maximum atomic E-state index is 11.1. The molecule has 0 spiro atoms. The van der Waals surface area contributed by atoms with Crippen molar-refractivity contribution in [3.63, 3.8) is 0 Å². The van der Waals surface area contributed by atoms with Gasteiger partial charge in [-0.25, -0.2) is 9.67 Å². The third kappa shape index (κ3) is 7.10. The first-order valence-corrected chi connectivity index (χ1v) is 14.4. The number of hydrogen-bond acceptors (Lipinski definition) is 12. The maximum Gasteiger partial charge on any atom is 0.229 e. The first-order valence-electron chi connectivity index (χ1n) is 14.4. The number of anilines is 3. The number of carbonyl (C=O) groups is 1. The third-order valence-electron chi connectivity index (χ3n) is 6.73. The first-order chi connectivity index (χ1) is 21.0. The van der Waals surface area contributed by atoms with Gasteiger partial charge in [0.2, 0.25) is 11.8 Å². The maximum absolute atomic E-state index is 11.1. The summed E-state index contributed by atoms with van der Waals surface area (Å²) < 4.78 is 6.96. The molecule has 224 valence electrons. The number of hydrogen-bond donors (Lipinski definition) is 2. The van der Waals surface area contributed by atoms with Gasteiger partial charge in [-0.15, -0.1) is 15.3 Å². The van der Waals surface area contributed by atoms with E-state index in [0.29, 0.717) is 73.0 Å². The van der Waals surface area contributed by atoms with Crippen molar-refractivity contribution in [2.24, 2.45) is 10.2 Å². The number of nitriles is 1. The molecule has 0 saturated heterocycles. The number of nitrogens with zero attached hydrogens (tertiary/aromatic N) is 9. The Morgan fingerprint density at radius 1 is 1.09 bits per heavy atom. The predicted molar refractivity (Wildman–Crippen MR) is 167 cm³/mol. The van der Waals surface area contributed by atoms with Crippen LogP contribution < -0.4 is 15.5 Å². The summed E-state index contributed by atoms with van der Waals surface area (Å²) in [4.78, 5) is 27.4.